The second-order valence-electron chi connectivity index (χ2n) is 4.33. The smallest absolute Gasteiger partial charge is 0.180 e. The van der Waals surface area contributed by atoms with Gasteiger partial charge < -0.3 is 4.43 Å². The predicted octanol–water partition coefficient (Wildman–Crippen LogP) is 2.04. The van der Waals surface area contributed by atoms with Gasteiger partial charge in [0.05, 0.1) is 0 Å². The highest BCUT2D eigenvalue weighted by atomic mass is 28.3. The van der Waals surface area contributed by atoms with Crippen LogP contribution in [0.1, 0.15) is 32.6 Å². The first-order chi connectivity index (χ1) is 7.81. The highest BCUT2D eigenvalue weighted by molar-refractivity contribution is 6.53. The minimum Gasteiger partial charge on any atom is -0.420 e. The monoisotopic (exact) mass is 250 g/mol. The van der Waals surface area contributed by atoms with Crippen LogP contribution < -0.4 is 0 Å². The maximum absolute atomic E-state index is 8.68. The molecule has 0 saturated carbocycles. The van der Waals surface area contributed by atoms with Gasteiger partial charge in [0.2, 0.25) is 0 Å². The summed E-state index contributed by atoms with van der Waals surface area (Å²) >= 11 is 0. The zero-order valence-corrected chi connectivity index (χ0v) is 11.0. The van der Waals surface area contributed by atoms with Gasteiger partial charge in [0.15, 0.2) is 9.04 Å². The molecule has 0 aromatic rings. The van der Waals surface area contributed by atoms with E-state index in [1.807, 2.05) is 0 Å². The van der Waals surface area contributed by atoms with Crippen LogP contribution in [0.5, 0.6) is 0 Å². The summed E-state index contributed by atoms with van der Waals surface area (Å²) in [7, 11) is -1.16. The lowest BCUT2D eigenvalue weighted by Crippen LogP contribution is -2.32. The number of rotatable bonds is 7. The zero-order chi connectivity index (χ0) is 11.8. The molecule has 6 heteroatoms. The van der Waals surface area contributed by atoms with E-state index in [4.69, 9.17) is 14.9 Å². The van der Waals surface area contributed by atoms with Gasteiger partial charge in [-0.15, -0.1) is 0 Å². The fraction of sp³-hybridized carbons (Fsp3) is 1.00. The zero-order valence-electron chi connectivity index (χ0n) is 9.80. The van der Waals surface area contributed by atoms with E-state index in [0.717, 1.165) is 13.0 Å². The lowest BCUT2D eigenvalue weighted by Gasteiger charge is -2.29. The summed E-state index contributed by atoms with van der Waals surface area (Å²) in [5.41, 5.74) is 0.479. The molecular formula is C10H22O5Si. The molecule has 2 N–H and O–H groups in total. The van der Waals surface area contributed by atoms with Gasteiger partial charge in [-0.3, -0.25) is 10.5 Å². The van der Waals surface area contributed by atoms with Gasteiger partial charge in [-0.25, -0.2) is 9.78 Å². The van der Waals surface area contributed by atoms with E-state index in [2.05, 4.69) is 16.7 Å². The Hall–Kier alpha value is 0.0169. The van der Waals surface area contributed by atoms with Crippen LogP contribution in [0, 0.1) is 0 Å². The molecule has 3 unspecified atom stereocenters. The molecule has 0 aromatic heterocycles. The number of hydrogen-bond acceptors (Lipinski definition) is 5. The third-order valence-electron chi connectivity index (χ3n) is 3.24. The molecule has 0 spiro atoms. The van der Waals surface area contributed by atoms with Crippen LogP contribution in [0.2, 0.25) is 11.6 Å². The fourth-order valence-electron chi connectivity index (χ4n) is 2.28. The number of hydrogen-bond donors (Lipinski definition) is 2. The molecule has 0 radical (unpaired) electrons. The minimum atomic E-state index is -1.16. The van der Waals surface area contributed by atoms with Gasteiger partial charge in [-0.2, -0.15) is 0 Å². The molecular weight excluding hydrogens is 228 g/mol. The van der Waals surface area contributed by atoms with Crippen molar-refractivity contribution in [1.82, 2.24) is 0 Å². The van der Waals surface area contributed by atoms with Crippen molar-refractivity contribution in [2.45, 2.75) is 50.3 Å². The average molecular weight is 250 g/mol. The lowest BCUT2D eigenvalue weighted by molar-refractivity contribution is -0.327. The van der Waals surface area contributed by atoms with Crippen molar-refractivity contribution < 1.29 is 24.7 Å². The Kier molecular flexibility index (Phi) is 7.18. The summed E-state index contributed by atoms with van der Waals surface area (Å²) in [5, 5.41) is 17.0. The van der Waals surface area contributed by atoms with E-state index in [-0.39, 0.29) is 6.61 Å². The predicted molar refractivity (Wildman–Crippen MR) is 61.9 cm³/mol. The molecule has 0 aromatic carbocycles. The normalized spacial score (nSPS) is 25.3. The molecule has 96 valence electrons. The Morgan fingerprint density at radius 1 is 1.38 bits per heavy atom. The van der Waals surface area contributed by atoms with Crippen molar-refractivity contribution in [3.63, 3.8) is 0 Å². The van der Waals surface area contributed by atoms with E-state index < -0.39 is 15.1 Å². The summed E-state index contributed by atoms with van der Waals surface area (Å²) in [6.45, 7) is 3.02. The quantitative estimate of drug-likeness (QED) is 0.411. The van der Waals surface area contributed by atoms with Crippen molar-refractivity contribution in [2.24, 2.45) is 0 Å². The summed E-state index contributed by atoms with van der Waals surface area (Å²) in [6.07, 6.45) is 3.70. The minimum absolute atomic E-state index is 0.00806. The van der Waals surface area contributed by atoms with Crippen LogP contribution in [0.25, 0.3) is 0 Å². The second-order valence-corrected chi connectivity index (χ2v) is 7.26. The van der Waals surface area contributed by atoms with E-state index in [1.54, 1.807) is 0 Å². The Morgan fingerprint density at radius 2 is 2.19 bits per heavy atom. The Morgan fingerprint density at radius 3 is 2.69 bits per heavy atom. The molecule has 0 amide bonds. The van der Waals surface area contributed by atoms with Gasteiger partial charge in [-0.05, 0) is 24.4 Å². The molecule has 1 heterocycles. The Balaban J connectivity index is 2.39. The molecule has 1 aliphatic heterocycles. The maximum atomic E-state index is 8.68. The molecule has 1 fully saturated rings. The van der Waals surface area contributed by atoms with Crippen LogP contribution in [-0.2, 0) is 14.2 Å². The van der Waals surface area contributed by atoms with E-state index in [0.29, 0.717) is 12.0 Å². The van der Waals surface area contributed by atoms with Gasteiger partial charge in [0.25, 0.3) is 0 Å². The second kappa shape index (κ2) is 8.16. The van der Waals surface area contributed by atoms with Gasteiger partial charge in [-0.1, -0.05) is 19.8 Å². The third-order valence-corrected chi connectivity index (χ3v) is 6.68. The van der Waals surface area contributed by atoms with Gasteiger partial charge in [0, 0.05) is 6.61 Å². The Bertz CT molecular complexity index is 175. The van der Waals surface area contributed by atoms with Crippen LogP contribution in [0.4, 0.5) is 0 Å². The molecule has 3 atom stereocenters. The van der Waals surface area contributed by atoms with Crippen LogP contribution in [0.3, 0.4) is 0 Å². The Labute approximate surface area is 97.9 Å². The molecule has 1 saturated heterocycles. The molecule has 1 rings (SSSR count). The molecule has 5 nitrogen and oxygen atoms in total. The summed E-state index contributed by atoms with van der Waals surface area (Å²) in [6, 6.07) is 1.20. The van der Waals surface area contributed by atoms with Crippen LogP contribution in [0.15, 0.2) is 0 Å². The lowest BCUT2D eigenvalue weighted by atomic mass is 10.1. The summed E-state index contributed by atoms with van der Waals surface area (Å²) < 4.78 is 5.85. The SMILES string of the molecule is CCC(CC(COO)OO)[SiH]1CCCCO1. The summed E-state index contributed by atoms with van der Waals surface area (Å²) in [4.78, 5) is 8.31. The first-order valence-corrected chi connectivity index (χ1v) is 7.95. The highest BCUT2D eigenvalue weighted by Gasteiger charge is 2.28. The topological polar surface area (TPSA) is 68.2 Å². The average Bonchev–Trinajstić information content (AvgIpc) is 2.35. The van der Waals surface area contributed by atoms with Crippen molar-refractivity contribution in [1.29, 1.82) is 0 Å². The van der Waals surface area contributed by atoms with Crippen molar-refractivity contribution in [3.05, 3.63) is 0 Å². The largest absolute Gasteiger partial charge is 0.420 e. The summed E-state index contributed by atoms with van der Waals surface area (Å²) in [5.74, 6) is 0. The first kappa shape index (κ1) is 14.1. The molecule has 16 heavy (non-hydrogen) atoms. The van der Waals surface area contributed by atoms with Gasteiger partial charge in [0.1, 0.15) is 12.7 Å². The van der Waals surface area contributed by atoms with Crippen LogP contribution >= 0.6 is 0 Å². The van der Waals surface area contributed by atoms with Crippen molar-refractivity contribution in [2.75, 3.05) is 13.2 Å². The first-order valence-electron chi connectivity index (χ1n) is 6.00. The molecule has 0 bridgehead atoms. The van der Waals surface area contributed by atoms with Crippen LogP contribution in [-0.4, -0.2) is 38.9 Å². The van der Waals surface area contributed by atoms with E-state index in [9.17, 15) is 0 Å². The van der Waals surface area contributed by atoms with E-state index in [1.165, 1.54) is 18.9 Å². The van der Waals surface area contributed by atoms with E-state index >= 15 is 0 Å². The standard InChI is InChI=1S/C10H22O5Si/c1-2-10(7-9(15-12)8-13-11)16-6-4-3-5-14-16/h9-12,16H,2-8H2,1H3. The fourth-order valence-corrected chi connectivity index (χ4v) is 5.48. The highest BCUT2D eigenvalue weighted by Crippen LogP contribution is 2.29. The van der Waals surface area contributed by atoms with Gasteiger partial charge >= 0.3 is 0 Å². The van der Waals surface area contributed by atoms with Crippen molar-refractivity contribution in [3.8, 4) is 0 Å². The molecule has 1 aliphatic rings. The van der Waals surface area contributed by atoms with Crippen molar-refractivity contribution >= 4 is 9.04 Å². The third kappa shape index (κ3) is 4.48. The maximum Gasteiger partial charge on any atom is 0.180 e. The molecule has 0 aliphatic carbocycles.